The molecule has 11 heteroatoms. The largest absolute Gasteiger partial charge is 0.396 e. The summed E-state index contributed by atoms with van der Waals surface area (Å²) in [4.78, 5) is 26.1. The lowest BCUT2D eigenvalue weighted by molar-refractivity contribution is -0.137. The van der Waals surface area contributed by atoms with Crippen LogP contribution in [0, 0.1) is 5.41 Å². The van der Waals surface area contributed by atoms with Gasteiger partial charge in [0.2, 0.25) is 21.8 Å². The molecule has 0 fully saturated rings. The molecule has 2 amide bonds. The summed E-state index contributed by atoms with van der Waals surface area (Å²) in [5, 5.41) is 26.1. The molecule has 0 saturated carbocycles. The van der Waals surface area contributed by atoms with Crippen molar-refractivity contribution in [3.63, 3.8) is 0 Å². The zero-order valence-corrected chi connectivity index (χ0v) is 23.6. The molecule has 212 valence electrons. The molecule has 0 unspecified atom stereocenters. The van der Waals surface area contributed by atoms with E-state index in [9.17, 15) is 28.2 Å². The fourth-order valence-corrected chi connectivity index (χ4v) is 5.21. The van der Waals surface area contributed by atoms with Crippen LogP contribution < -0.4 is 20.3 Å². The van der Waals surface area contributed by atoms with Crippen molar-refractivity contribution >= 4 is 38.3 Å². The molecule has 0 spiro atoms. The quantitative estimate of drug-likeness (QED) is 0.200. The summed E-state index contributed by atoms with van der Waals surface area (Å²) >= 11 is 0. The van der Waals surface area contributed by atoms with Crippen LogP contribution >= 0.6 is 0 Å². The first-order valence-corrected chi connectivity index (χ1v) is 14.4. The van der Waals surface area contributed by atoms with Crippen molar-refractivity contribution in [3.05, 3.63) is 36.4 Å². The monoisotopic (exact) mass is 550 g/mol. The average molecular weight is 551 g/mol. The molecule has 38 heavy (non-hydrogen) atoms. The van der Waals surface area contributed by atoms with Gasteiger partial charge >= 0.3 is 0 Å². The maximum Gasteiger partial charge on any atom is 0.249 e. The SMILES string of the molecule is CN(C)c1cccc2c(S(=O)(=O)NCCCCCNC(=O)CCCNC(=O)[C@H](O)C(C)(C)CO)cccc12. The van der Waals surface area contributed by atoms with Crippen LogP contribution in [-0.4, -0.2) is 76.9 Å². The lowest BCUT2D eigenvalue weighted by Crippen LogP contribution is -2.45. The fraction of sp³-hybridized carbons (Fsp3) is 0.556. The summed E-state index contributed by atoms with van der Waals surface area (Å²) in [5.41, 5.74) is 0.0137. The minimum absolute atomic E-state index is 0.135. The number of nitrogens with zero attached hydrogens (tertiary/aromatic N) is 1. The summed E-state index contributed by atoms with van der Waals surface area (Å²) in [6.45, 7) is 3.89. The number of carbonyl (C=O) groups excluding carboxylic acids is 2. The smallest absolute Gasteiger partial charge is 0.249 e. The summed E-state index contributed by atoms with van der Waals surface area (Å²) in [6, 6.07) is 10.9. The highest BCUT2D eigenvalue weighted by Gasteiger charge is 2.32. The number of hydrogen-bond acceptors (Lipinski definition) is 7. The molecule has 5 N–H and O–H groups in total. The van der Waals surface area contributed by atoms with E-state index >= 15 is 0 Å². The number of sulfonamides is 1. The highest BCUT2D eigenvalue weighted by molar-refractivity contribution is 7.89. The van der Waals surface area contributed by atoms with Crippen LogP contribution in [0.25, 0.3) is 10.8 Å². The number of aliphatic hydroxyl groups excluding tert-OH is 2. The third kappa shape index (κ3) is 8.93. The van der Waals surface area contributed by atoms with Crippen molar-refractivity contribution in [2.45, 2.75) is 57.0 Å². The average Bonchev–Trinajstić information content (AvgIpc) is 2.88. The van der Waals surface area contributed by atoms with Crippen LogP contribution in [0.2, 0.25) is 0 Å². The molecular formula is C27H42N4O6S. The van der Waals surface area contributed by atoms with E-state index in [4.69, 9.17) is 0 Å². The molecule has 0 bridgehead atoms. The van der Waals surface area contributed by atoms with Crippen molar-refractivity contribution in [1.29, 1.82) is 0 Å². The number of unbranched alkanes of at least 4 members (excludes halogenated alkanes) is 2. The van der Waals surface area contributed by atoms with E-state index in [0.717, 1.165) is 17.5 Å². The number of anilines is 1. The molecule has 2 aromatic rings. The van der Waals surface area contributed by atoms with Gasteiger partial charge < -0.3 is 25.7 Å². The van der Waals surface area contributed by atoms with Crippen molar-refractivity contribution < 1.29 is 28.2 Å². The second kappa shape index (κ2) is 14.4. The van der Waals surface area contributed by atoms with Gasteiger partial charge in [0.15, 0.2) is 0 Å². The Morgan fingerprint density at radius 3 is 2.24 bits per heavy atom. The van der Waals surface area contributed by atoms with Crippen molar-refractivity contribution in [1.82, 2.24) is 15.4 Å². The maximum atomic E-state index is 12.9. The van der Waals surface area contributed by atoms with E-state index in [0.29, 0.717) is 37.7 Å². The zero-order chi connectivity index (χ0) is 28.3. The third-order valence-corrected chi connectivity index (χ3v) is 7.89. The number of carbonyl (C=O) groups is 2. The number of nitrogens with one attached hydrogen (secondary N) is 3. The minimum Gasteiger partial charge on any atom is -0.396 e. The Balaban J connectivity index is 1.66. The maximum absolute atomic E-state index is 12.9. The van der Waals surface area contributed by atoms with Crippen LogP contribution in [0.1, 0.15) is 46.0 Å². The summed E-state index contributed by atoms with van der Waals surface area (Å²) in [5.74, 6) is -0.705. The lowest BCUT2D eigenvalue weighted by atomic mass is 9.87. The normalized spacial score (nSPS) is 12.8. The first-order valence-electron chi connectivity index (χ1n) is 12.9. The predicted molar refractivity (Wildman–Crippen MR) is 149 cm³/mol. The molecule has 2 aromatic carbocycles. The van der Waals surface area contributed by atoms with E-state index in [1.165, 1.54) is 0 Å². The van der Waals surface area contributed by atoms with Crippen molar-refractivity contribution in [3.8, 4) is 0 Å². The Labute approximate surface area is 225 Å². The molecule has 0 heterocycles. The van der Waals surface area contributed by atoms with Gasteiger partial charge in [-0.25, -0.2) is 13.1 Å². The van der Waals surface area contributed by atoms with Gasteiger partial charge in [0.1, 0.15) is 6.10 Å². The van der Waals surface area contributed by atoms with Crippen LogP contribution in [0.4, 0.5) is 5.69 Å². The number of fused-ring (bicyclic) bond motifs is 1. The Morgan fingerprint density at radius 2 is 1.55 bits per heavy atom. The zero-order valence-electron chi connectivity index (χ0n) is 22.8. The second-order valence-corrected chi connectivity index (χ2v) is 12.0. The number of rotatable bonds is 16. The molecule has 1 atom stereocenters. The first-order chi connectivity index (χ1) is 17.9. The number of hydrogen-bond donors (Lipinski definition) is 5. The molecule has 0 aliphatic heterocycles. The molecule has 0 aliphatic rings. The molecule has 0 saturated heterocycles. The van der Waals surface area contributed by atoms with Gasteiger partial charge in [-0.3, -0.25) is 9.59 Å². The Hall–Kier alpha value is -2.73. The molecule has 0 radical (unpaired) electrons. The van der Waals surface area contributed by atoms with Crippen LogP contribution in [0.3, 0.4) is 0 Å². The summed E-state index contributed by atoms with van der Waals surface area (Å²) in [6.07, 6.45) is 1.44. The van der Waals surface area contributed by atoms with Gasteiger partial charge in [-0.15, -0.1) is 0 Å². The van der Waals surface area contributed by atoms with E-state index in [1.807, 2.05) is 43.3 Å². The molecular weight excluding hydrogens is 508 g/mol. The van der Waals surface area contributed by atoms with Crippen LogP contribution in [0.15, 0.2) is 41.3 Å². The standard InChI is InChI=1S/C27H42N4O6S/c1-27(2,19-32)25(34)26(35)29-17-10-15-24(33)28-16-6-5-7-18-30-38(36,37)23-14-9-11-20-21(23)12-8-13-22(20)31(3)4/h8-9,11-14,25,30,32,34H,5-7,10,15-19H2,1-4H3,(H,28,33)(H,29,35)/t25-/m0/s1. The Bertz CT molecular complexity index is 1180. The van der Waals surface area contributed by atoms with E-state index in [2.05, 4.69) is 15.4 Å². The summed E-state index contributed by atoms with van der Waals surface area (Å²) in [7, 11) is 0.177. The van der Waals surface area contributed by atoms with Gasteiger partial charge in [0.05, 0.1) is 11.5 Å². The van der Waals surface area contributed by atoms with Crippen molar-refractivity contribution in [2.75, 3.05) is 45.2 Å². The topological polar surface area (TPSA) is 148 Å². The summed E-state index contributed by atoms with van der Waals surface area (Å²) < 4.78 is 28.6. The van der Waals surface area contributed by atoms with Gasteiger partial charge in [-0.05, 0) is 31.4 Å². The number of amides is 2. The van der Waals surface area contributed by atoms with E-state index in [-0.39, 0.29) is 30.4 Å². The Kier molecular flexibility index (Phi) is 12.0. The first kappa shape index (κ1) is 31.5. The van der Waals surface area contributed by atoms with Gasteiger partial charge in [-0.1, -0.05) is 44.5 Å². The molecule has 2 rings (SSSR count). The molecule has 10 nitrogen and oxygen atoms in total. The third-order valence-electron chi connectivity index (χ3n) is 6.37. The fourth-order valence-electron chi connectivity index (χ4n) is 3.91. The highest BCUT2D eigenvalue weighted by atomic mass is 32.2. The number of aliphatic hydroxyl groups is 2. The second-order valence-electron chi connectivity index (χ2n) is 10.3. The van der Waals surface area contributed by atoms with E-state index in [1.54, 1.807) is 26.0 Å². The van der Waals surface area contributed by atoms with Crippen molar-refractivity contribution in [2.24, 2.45) is 5.41 Å². The van der Waals surface area contributed by atoms with Crippen LogP contribution in [-0.2, 0) is 19.6 Å². The predicted octanol–water partition coefficient (Wildman–Crippen LogP) is 1.75. The molecule has 0 aliphatic carbocycles. The Morgan fingerprint density at radius 1 is 0.921 bits per heavy atom. The number of benzene rings is 2. The van der Waals surface area contributed by atoms with E-state index < -0.39 is 27.4 Å². The van der Waals surface area contributed by atoms with Gasteiger partial charge in [-0.2, -0.15) is 0 Å². The molecule has 0 aromatic heterocycles. The van der Waals surface area contributed by atoms with Gasteiger partial charge in [0.25, 0.3) is 0 Å². The van der Waals surface area contributed by atoms with Gasteiger partial charge in [0, 0.05) is 62.0 Å². The lowest BCUT2D eigenvalue weighted by Gasteiger charge is -2.27. The van der Waals surface area contributed by atoms with Crippen LogP contribution in [0.5, 0.6) is 0 Å². The minimum atomic E-state index is -3.67. The highest BCUT2D eigenvalue weighted by Crippen LogP contribution is 2.30.